The predicted octanol–water partition coefficient (Wildman–Crippen LogP) is 2.76. The van der Waals surface area contributed by atoms with Crippen molar-refractivity contribution in [1.82, 2.24) is 14.8 Å². The Labute approximate surface area is 148 Å². The Bertz CT molecular complexity index is 712. The minimum Gasteiger partial charge on any atom is -0.481 e. The van der Waals surface area contributed by atoms with Crippen LogP contribution in [0.5, 0.6) is 0 Å². The Morgan fingerprint density at radius 1 is 1.48 bits per heavy atom. The maximum Gasteiger partial charge on any atom is 0.308 e. The highest BCUT2D eigenvalue weighted by Crippen LogP contribution is 2.26. The van der Waals surface area contributed by atoms with Gasteiger partial charge in [-0.25, -0.2) is 0 Å². The van der Waals surface area contributed by atoms with Crippen LogP contribution < -0.4 is 11.5 Å². The summed E-state index contributed by atoms with van der Waals surface area (Å²) in [4.78, 5) is 14.3. The van der Waals surface area contributed by atoms with Crippen molar-refractivity contribution in [3.05, 3.63) is 42.9 Å². The van der Waals surface area contributed by atoms with Crippen molar-refractivity contribution in [1.29, 1.82) is 0 Å². The van der Waals surface area contributed by atoms with Gasteiger partial charge in [-0.2, -0.15) is 5.10 Å². The summed E-state index contributed by atoms with van der Waals surface area (Å²) in [5.41, 5.74) is 14.7. The number of carboxylic acid groups (broad SMARTS) is 1. The van der Waals surface area contributed by atoms with Gasteiger partial charge in [-0.15, -0.1) is 6.58 Å². The smallest absolute Gasteiger partial charge is 0.308 e. The number of hydrogen-bond acceptors (Lipinski definition) is 5. The van der Waals surface area contributed by atoms with E-state index >= 15 is 0 Å². The average molecular weight is 345 g/mol. The van der Waals surface area contributed by atoms with Gasteiger partial charge in [0, 0.05) is 18.8 Å². The number of pyridine rings is 1. The summed E-state index contributed by atoms with van der Waals surface area (Å²) in [6.07, 6.45) is 5.86. The maximum atomic E-state index is 10.0. The fourth-order valence-electron chi connectivity index (χ4n) is 1.91. The van der Waals surface area contributed by atoms with Crippen LogP contribution in [0.2, 0.25) is 0 Å². The highest BCUT2D eigenvalue weighted by molar-refractivity contribution is 5.73. The molecule has 25 heavy (non-hydrogen) atoms. The molecule has 0 fully saturated rings. The Morgan fingerprint density at radius 2 is 2.08 bits per heavy atom. The second-order valence-electron chi connectivity index (χ2n) is 6.73. The van der Waals surface area contributed by atoms with Gasteiger partial charge in [-0.3, -0.25) is 14.5 Å². The zero-order chi connectivity index (χ0) is 19.2. The first kappa shape index (κ1) is 20.4. The molecule has 0 aromatic carbocycles. The van der Waals surface area contributed by atoms with Crippen LogP contribution in [-0.4, -0.2) is 25.8 Å². The van der Waals surface area contributed by atoms with Crippen LogP contribution in [0.3, 0.4) is 0 Å². The Morgan fingerprint density at radius 3 is 2.52 bits per heavy atom. The lowest BCUT2D eigenvalue weighted by Crippen LogP contribution is -2.18. The van der Waals surface area contributed by atoms with Crippen LogP contribution in [0.4, 0.5) is 5.69 Å². The van der Waals surface area contributed by atoms with Crippen LogP contribution in [-0.2, 0) is 11.8 Å². The number of rotatable bonds is 4. The first-order valence-corrected chi connectivity index (χ1v) is 7.91. The molecule has 0 aliphatic heterocycles. The zero-order valence-corrected chi connectivity index (χ0v) is 15.2. The molecule has 2 heterocycles. The molecule has 1 atom stereocenters. The third kappa shape index (κ3) is 5.72. The van der Waals surface area contributed by atoms with Crippen molar-refractivity contribution >= 4 is 11.7 Å². The van der Waals surface area contributed by atoms with Crippen LogP contribution in [0.25, 0.3) is 11.3 Å². The van der Waals surface area contributed by atoms with Gasteiger partial charge in [0.05, 0.1) is 34.7 Å². The summed E-state index contributed by atoms with van der Waals surface area (Å²) in [5.74, 6) is -0.757. The van der Waals surface area contributed by atoms with E-state index in [0.717, 1.165) is 17.0 Å². The van der Waals surface area contributed by atoms with Crippen molar-refractivity contribution in [2.24, 2.45) is 18.2 Å². The average Bonchev–Trinajstić information content (AvgIpc) is 2.86. The van der Waals surface area contributed by atoms with E-state index < -0.39 is 11.4 Å². The number of anilines is 1. The molecule has 5 N–H and O–H groups in total. The second kappa shape index (κ2) is 8.43. The molecule has 0 amide bonds. The molecular weight excluding hydrogens is 318 g/mol. The van der Waals surface area contributed by atoms with Crippen LogP contribution in [0.15, 0.2) is 37.2 Å². The molecule has 2 aromatic rings. The molecule has 7 nitrogen and oxygen atoms in total. The first-order chi connectivity index (χ1) is 11.6. The number of aliphatic carboxylic acids is 1. The Balaban J connectivity index is 0.000000381. The number of nitrogens with zero attached hydrogens (tertiary/aromatic N) is 3. The summed E-state index contributed by atoms with van der Waals surface area (Å²) >= 11 is 0. The third-order valence-corrected chi connectivity index (χ3v) is 3.46. The van der Waals surface area contributed by atoms with Gasteiger partial charge in [0.15, 0.2) is 0 Å². The van der Waals surface area contributed by atoms with Gasteiger partial charge in [-0.1, -0.05) is 6.08 Å². The van der Waals surface area contributed by atoms with Crippen molar-refractivity contribution in [3.63, 3.8) is 0 Å². The third-order valence-electron chi connectivity index (χ3n) is 3.46. The minimum atomic E-state index is -0.757. The van der Waals surface area contributed by atoms with E-state index in [9.17, 15) is 4.79 Å². The van der Waals surface area contributed by atoms with Crippen molar-refractivity contribution < 1.29 is 9.90 Å². The Kier molecular flexibility index (Phi) is 6.87. The van der Waals surface area contributed by atoms with E-state index in [1.165, 1.54) is 0 Å². The lowest BCUT2D eigenvalue weighted by molar-refractivity contribution is -0.145. The van der Waals surface area contributed by atoms with Gasteiger partial charge in [-0.05, 0) is 39.3 Å². The zero-order valence-electron chi connectivity index (χ0n) is 15.2. The highest BCUT2D eigenvalue weighted by atomic mass is 16.4. The summed E-state index contributed by atoms with van der Waals surface area (Å²) in [7, 11) is 1.86. The van der Waals surface area contributed by atoms with Gasteiger partial charge >= 0.3 is 5.97 Å². The van der Waals surface area contributed by atoms with Gasteiger partial charge < -0.3 is 16.6 Å². The lowest BCUT2D eigenvalue weighted by atomic mass is 9.98. The topological polar surface area (TPSA) is 120 Å². The quantitative estimate of drug-likeness (QED) is 0.733. The van der Waals surface area contributed by atoms with E-state index in [1.807, 2.05) is 19.2 Å². The molecule has 136 valence electrons. The monoisotopic (exact) mass is 345 g/mol. The number of carbonyl (C=O) groups is 1. The van der Waals surface area contributed by atoms with Gasteiger partial charge in [0.1, 0.15) is 0 Å². The fourth-order valence-corrected chi connectivity index (χ4v) is 1.91. The van der Waals surface area contributed by atoms with Crippen molar-refractivity contribution in [2.45, 2.75) is 33.2 Å². The van der Waals surface area contributed by atoms with E-state index in [1.54, 1.807) is 43.9 Å². The minimum absolute atomic E-state index is 0.142. The summed E-state index contributed by atoms with van der Waals surface area (Å²) in [6.45, 7) is 8.67. The standard InChI is InChI=1S/C13H17N5.C5H10O2/c1-3-4-10(14)12-7-9(5-6-16-12)13-11(15)8-17-18(13)2;1-5(2,3)4(6)7/h3,5-8,10H,1,4,14-15H2,2H3;1-3H3,(H,6,7)/t10-;/m0./s1. The van der Waals surface area contributed by atoms with Crippen LogP contribution >= 0.6 is 0 Å². The first-order valence-electron chi connectivity index (χ1n) is 7.91. The van der Waals surface area contributed by atoms with E-state index in [0.29, 0.717) is 12.1 Å². The molecule has 0 radical (unpaired) electrons. The molecule has 0 saturated carbocycles. The number of hydrogen-bond donors (Lipinski definition) is 3. The number of nitrogen functional groups attached to an aromatic ring is 1. The lowest BCUT2D eigenvalue weighted by Gasteiger charge is -2.10. The second-order valence-corrected chi connectivity index (χ2v) is 6.73. The summed E-state index contributed by atoms with van der Waals surface area (Å²) in [6, 6.07) is 3.70. The number of aromatic nitrogens is 3. The number of carboxylic acids is 1. The van der Waals surface area contributed by atoms with Crippen molar-refractivity contribution in [3.8, 4) is 11.3 Å². The van der Waals surface area contributed by atoms with Gasteiger partial charge in [0.25, 0.3) is 0 Å². The SMILES string of the molecule is C=CC[C@H](N)c1cc(-c2c(N)cnn2C)ccn1.CC(C)(C)C(=O)O. The van der Waals surface area contributed by atoms with E-state index in [2.05, 4.69) is 16.7 Å². The van der Waals surface area contributed by atoms with Crippen molar-refractivity contribution in [2.75, 3.05) is 5.73 Å². The van der Waals surface area contributed by atoms with E-state index in [-0.39, 0.29) is 6.04 Å². The van der Waals surface area contributed by atoms with E-state index in [4.69, 9.17) is 16.6 Å². The predicted molar refractivity (Wildman–Crippen MR) is 99.7 cm³/mol. The normalized spacial score (nSPS) is 12.0. The molecule has 0 unspecified atom stereocenters. The molecular formula is C18H27N5O2. The molecule has 2 rings (SSSR count). The molecule has 7 heteroatoms. The van der Waals surface area contributed by atoms with Gasteiger partial charge in [0.2, 0.25) is 0 Å². The highest BCUT2D eigenvalue weighted by Gasteiger charge is 2.18. The Hall–Kier alpha value is -2.67. The fraction of sp³-hybridized carbons (Fsp3) is 0.389. The molecule has 0 spiro atoms. The molecule has 0 aliphatic rings. The van der Waals surface area contributed by atoms with Crippen LogP contribution in [0.1, 0.15) is 38.9 Å². The largest absolute Gasteiger partial charge is 0.481 e. The summed E-state index contributed by atoms with van der Waals surface area (Å²) in [5, 5.41) is 12.4. The summed E-state index contributed by atoms with van der Waals surface area (Å²) < 4.78 is 1.74. The van der Waals surface area contributed by atoms with Crippen LogP contribution in [0, 0.1) is 5.41 Å². The maximum absolute atomic E-state index is 10.0. The molecule has 0 aliphatic carbocycles. The molecule has 0 saturated heterocycles. The number of aryl methyl sites for hydroxylation is 1. The molecule has 2 aromatic heterocycles. The molecule has 0 bridgehead atoms. The number of nitrogens with two attached hydrogens (primary N) is 2.